The number of hydrogen-bond acceptors (Lipinski definition) is 5. The Bertz CT molecular complexity index is 587. The number of nitrogen functional groups attached to an aromatic ring is 1. The number of nitrogens with two attached hydrogens (primary N) is 1. The van der Waals surface area contributed by atoms with E-state index in [0.717, 1.165) is 17.0 Å². The Morgan fingerprint density at radius 2 is 2.00 bits per heavy atom. The zero-order valence-corrected chi connectivity index (χ0v) is 12.3. The van der Waals surface area contributed by atoms with Gasteiger partial charge in [0.15, 0.2) is 0 Å². The van der Waals surface area contributed by atoms with E-state index < -0.39 is 0 Å². The highest BCUT2D eigenvalue weighted by atomic mass is 16.5. The average molecular weight is 288 g/mol. The van der Waals surface area contributed by atoms with Crippen LogP contribution in [0.2, 0.25) is 0 Å². The second-order valence-corrected chi connectivity index (χ2v) is 4.36. The predicted molar refractivity (Wildman–Crippen MR) is 82.6 cm³/mol. The van der Waals surface area contributed by atoms with Crippen LogP contribution >= 0.6 is 0 Å². The summed E-state index contributed by atoms with van der Waals surface area (Å²) in [7, 11) is 1.62. The fourth-order valence-electron chi connectivity index (χ4n) is 1.94. The Kier molecular flexibility index (Phi) is 5.40. The lowest BCUT2D eigenvalue weighted by atomic mass is 10.1. The zero-order valence-electron chi connectivity index (χ0n) is 12.3. The molecule has 0 spiro atoms. The van der Waals surface area contributed by atoms with E-state index in [0.29, 0.717) is 31.4 Å². The zero-order chi connectivity index (χ0) is 15.1. The van der Waals surface area contributed by atoms with Gasteiger partial charge in [-0.3, -0.25) is 0 Å². The van der Waals surface area contributed by atoms with Gasteiger partial charge in [-0.25, -0.2) is 4.98 Å². The molecule has 1 aromatic carbocycles. The minimum atomic E-state index is 0.478. The molecule has 112 valence electrons. The molecule has 0 aliphatic heterocycles. The van der Waals surface area contributed by atoms with Gasteiger partial charge in [-0.1, -0.05) is 6.07 Å². The molecule has 0 atom stereocenters. The SMILES string of the molecule is CCOCCOc1ccc(-c2cccc(N)n2)c(OC)c1. The number of ether oxygens (including phenoxy) is 3. The van der Waals surface area contributed by atoms with Crippen molar-refractivity contribution in [2.45, 2.75) is 6.92 Å². The normalized spacial score (nSPS) is 10.4. The van der Waals surface area contributed by atoms with Gasteiger partial charge in [0.25, 0.3) is 0 Å². The van der Waals surface area contributed by atoms with Crippen LogP contribution in [0, 0.1) is 0 Å². The molecule has 5 nitrogen and oxygen atoms in total. The summed E-state index contributed by atoms with van der Waals surface area (Å²) in [4.78, 5) is 4.31. The second kappa shape index (κ2) is 7.50. The molecule has 2 aromatic rings. The standard InChI is InChI=1S/C16H20N2O3/c1-3-20-9-10-21-12-7-8-13(15(11-12)19-2)14-5-4-6-16(17)18-14/h4-8,11H,3,9-10H2,1-2H3,(H2,17,18). The molecule has 0 aliphatic carbocycles. The van der Waals surface area contributed by atoms with Crippen molar-refractivity contribution in [2.75, 3.05) is 32.7 Å². The van der Waals surface area contributed by atoms with Crippen molar-refractivity contribution in [1.29, 1.82) is 0 Å². The van der Waals surface area contributed by atoms with Crippen LogP contribution in [-0.2, 0) is 4.74 Å². The van der Waals surface area contributed by atoms with Crippen LogP contribution in [-0.4, -0.2) is 31.9 Å². The van der Waals surface area contributed by atoms with E-state index in [1.807, 2.05) is 37.3 Å². The fraction of sp³-hybridized carbons (Fsp3) is 0.312. The van der Waals surface area contributed by atoms with Gasteiger partial charge in [0.2, 0.25) is 0 Å². The third-order valence-corrected chi connectivity index (χ3v) is 2.92. The van der Waals surface area contributed by atoms with E-state index >= 15 is 0 Å². The molecule has 0 aliphatic rings. The molecule has 0 amide bonds. The molecule has 21 heavy (non-hydrogen) atoms. The van der Waals surface area contributed by atoms with Gasteiger partial charge in [-0.2, -0.15) is 0 Å². The topological polar surface area (TPSA) is 66.6 Å². The first kappa shape index (κ1) is 15.1. The lowest BCUT2D eigenvalue weighted by Crippen LogP contribution is -2.06. The van der Waals surface area contributed by atoms with E-state index in [4.69, 9.17) is 19.9 Å². The highest BCUT2D eigenvalue weighted by molar-refractivity contribution is 5.69. The van der Waals surface area contributed by atoms with Gasteiger partial charge in [-0.15, -0.1) is 0 Å². The minimum absolute atomic E-state index is 0.478. The molecule has 5 heteroatoms. The summed E-state index contributed by atoms with van der Waals surface area (Å²) < 4.78 is 16.3. The van der Waals surface area contributed by atoms with Gasteiger partial charge in [0.1, 0.15) is 23.9 Å². The quantitative estimate of drug-likeness (QED) is 0.793. The number of benzene rings is 1. The van der Waals surface area contributed by atoms with E-state index in [-0.39, 0.29) is 0 Å². The number of anilines is 1. The molecule has 2 N–H and O–H groups in total. The number of pyridine rings is 1. The van der Waals surface area contributed by atoms with Crippen molar-refractivity contribution in [3.05, 3.63) is 36.4 Å². The summed E-state index contributed by atoms with van der Waals surface area (Å²) in [5, 5.41) is 0. The first-order valence-electron chi connectivity index (χ1n) is 6.86. The fourth-order valence-corrected chi connectivity index (χ4v) is 1.94. The Morgan fingerprint density at radius 1 is 1.14 bits per heavy atom. The molecule has 0 radical (unpaired) electrons. The second-order valence-electron chi connectivity index (χ2n) is 4.36. The van der Waals surface area contributed by atoms with E-state index in [1.165, 1.54) is 0 Å². The van der Waals surface area contributed by atoms with Crippen LogP contribution in [0.1, 0.15) is 6.92 Å². The molecule has 1 heterocycles. The molecular weight excluding hydrogens is 268 g/mol. The number of rotatable bonds is 7. The first-order valence-corrected chi connectivity index (χ1v) is 6.86. The molecule has 0 bridgehead atoms. The molecule has 0 fully saturated rings. The molecular formula is C16H20N2O3. The van der Waals surface area contributed by atoms with Crippen molar-refractivity contribution in [3.8, 4) is 22.8 Å². The van der Waals surface area contributed by atoms with Gasteiger partial charge < -0.3 is 19.9 Å². The summed E-state index contributed by atoms with van der Waals surface area (Å²) in [6, 6.07) is 11.1. The largest absolute Gasteiger partial charge is 0.496 e. The maximum absolute atomic E-state index is 5.72. The van der Waals surface area contributed by atoms with Crippen LogP contribution in [0.15, 0.2) is 36.4 Å². The van der Waals surface area contributed by atoms with Gasteiger partial charge in [-0.05, 0) is 31.2 Å². The summed E-state index contributed by atoms with van der Waals surface area (Å²) >= 11 is 0. The number of nitrogens with zero attached hydrogens (tertiary/aromatic N) is 1. The Balaban J connectivity index is 2.16. The molecule has 1 aromatic heterocycles. The van der Waals surface area contributed by atoms with E-state index in [1.54, 1.807) is 13.2 Å². The Labute approximate surface area is 124 Å². The third kappa shape index (κ3) is 4.10. The maximum atomic E-state index is 5.72. The van der Waals surface area contributed by atoms with Crippen molar-refractivity contribution in [1.82, 2.24) is 4.98 Å². The van der Waals surface area contributed by atoms with Gasteiger partial charge in [0, 0.05) is 18.2 Å². The number of methoxy groups -OCH3 is 1. The average Bonchev–Trinajstić information content (AvgIpc) is 2.51. The van der Waals surface area contributed by atoms with Gasteiger partial charge in [0.05, 0.1) is 19.4 Å². The molecule has 0 unspecified atom stereocenters. The van der Waals surface area contributed by atoms with Crippen LogP contribution in [0.3, 0.4) is 0 Å². The van der Waals surface area contributed by atoms with E-state index in [9.17, 15) is 0 Å². The Hall–Kier alpha value is -2.27. The lowest BCUT2D eigenvalue weighted by molar-refractivity contribution is 0.110. The molecule has 2 rings (SSSR count). The maximum Gasteiger partial charge on any atom is 0.131 e. The van der Waals surface area contributed by atoms with Crippen molar-refractivity contribution >= 4 is 5.82 Å². The van der Waals surface area contributed by atoms with Crippen LogP contribution in [0.4, 0.5) is 5.82 Å². The van der Waals surface area contributed by atoms with Crippen LogP contribution < -0.4 is 15.2 Å². The summed E-state index contributed by atoms with van der Waals surface area (Å²) in [5.74, 6) is 1.91. The van der Waals surface area contributed by atoms with E-state index in [2.05, 4.69) is 4.98 Å². The van der Waals surface area contributed by atoms with Crippen LogP contribution in [0.5, 0.6) is 11.5 Å². The van der Waals surface area contributed by atoms with Gasteiger partial charge >= 0.3 is 0 Å². The van der Waals surface area contributed by atoms with Crippen molar-refractivity contribution < 1.29 is 14.2 Å². The number of aromatic nitrogens is 1. The Morgan fingerprint density at radius 3 is 2.71 bits per heavy atom. The monoisotopic (exact) mass is 288 g/mol. The first-order chi connectivity index (χ1) is 10.2. The van der Waals surface area contributed by atoms with Crippen LogP contribution in [0.25, 0.3) is 11.3 Å². The summed E-state index contributed by atoms with van der Waals surface area (Å²) in [5.41, 5.74) is 7.37. The molecule has 0 saturated carbocycles. The van der Waals surface area contributed by atoms with Crippen molar-refractivity contribution in [2.24, 2.45) is 0 Å². The third-order valence-electron chi connectivity index (χ3n) is 2.92. The lowest BCUT2D eigenvalue weighted by Gasteiger charge is -2.12. The summed E-state index contributed by atoms with van der Waals surface area (Å²) in [6.07, 6.45) is 0. The molecule has 0 saturated heterocycles. The predicted octanol–water partition coefficient (Wildman–Crippen LogP) is 2.75. The minimum Gasteiger partial charge on any atom is -0.496 e. The highest BCUT2D eigenvalue weighted by Crippen LogP contribution is 2.32. The summed E-state index contributed by atoms with van der Waals surface area (Å²) in [6.45, 7) is 3.72. The number of hydrogen-bond donors (Lipinski definition) is 1. The highest BCUT2D eigenvalue weighted by Gasteiger charge is 2.09. The van der Waals surface area contributed by atoms with Crippen molar-refractivity contribution in [3.63, 3.8) is 0 Å². The smallest absolute Gasteiger partial charge is 0.131 e.